The molecule has 0 amide bonds. The highest BCUT2D eigenvalue weighted by molar-refractivity contribution is 9.10. The van der Waals surface area contributed by atoms with Gasteiger partial charge >= 0.3 is 0 Å². The first-order valence-corrected chi connectivity index (χ1v) is 8.15. The fraction of sp³-hybridized carbons (Fsp3) is 0.625. The Balaban J connectivity index is 2.02. The van der Waals surface area contributed by atoms with E-state index in [0.29, 0.717) is 6.04 Å². The first kappa shape index (κ1) is 14.9. The van der Waals surface area contributed by atoms with Crippen LogP contribution < -0.4 is 10.2 Å². The second kappa shape index (κ2) is 6.76. The van der Waals surface area contributed by atoms with Crippen LogP contribution in [0, 0.1) is 5.92 Å². The molecule has 0 aromatic heterocycles. The Bertz CT molecular complexity index is 415. The van der Waals surface area contributed by atoms with E-state index in [1.165, 1.54) is 41.5 Å². The smallest absolute Gasteiger partial charge is 0.0375 e. The lowest BCUT2D eigenvalue weighted by molar-refractivity contribution is 0.569. The highest BCUT2D eigenvalue weighted by Crippen LogP contribution is 2.32. The van der Waals surface area contributed by atoms with Crippen molar-refractivity contribution in [3.63, 3.8) is 0 Å². The summed E-state index contributed by atoms with van der Waals surface area (Å²) in [7, 11) is 2.19. The van der Waals surface area contributed by atoms with Gasteiger partial charge in [-0.3, -0.25) is 0 Å². The largest absolute Gasteiger partial charge is 0.374 e. The van der Waals surface area contributed by atoms with Crippen LogP contribution in [0.1, 0.15) is 44.7 Å². The zero-order chi connectivity index (χ0) is 13.8. The van der Waals surface area contributed by atoms with Crippen LogP contribution in [-0.2, 0) is 0 Å². The van der Waals surface area contributed by atoms with Crippen LogP contribution in [0.3, 0.4) is 0 Å². The Hall–Kier alpha value is -0.540. The van der Waals surface area contributed by atoms with Crippen LogP contribution in [0.4, 0.5) is 5.69 Å². The summed E-state index contributed by atoms with van der Waals surface area (Å²) in [4.78, 5) is 2.37. The molecule has 19 heavy (non-hydrogen) atoms. The van der Waals surface area contributed by atoms with Gasteiger partial charge in [0.15, 0.2) is 0 Å². The van der Waals surface area contributed by atoms with Crippen LogP contribution in [-0.4, -0.2) is 20.1 Å². The van der Waals surface area contributed by atoms with E-state index in [1.54, 1.807) is 0 Å². The van der Waals surface area contributed by atoms with Crippen molar-refractivity contribution in [2.75, 3.05) is 25.0 Å². The Morgan fingerprint density at radius 3 is 2.74 bits per heavy atom. The topological polar surface area (TPSA) is 15.3 Å². The minimum atomic E-state index is 0.400. The predicted molar refractivity (Wildman–Crippen MR) is 86.8 cm³/mol. The maximum Gasteiger partial charge on any atom is 0.0375 e. The van der Waals surface area contributed by atoms with Crippen molar-refractivity contribution in [3.8, 4) is 0 Å². The third kappa shape index (κ3) is 4.22. The van der Waals surface area contributed by atoms with E-state index in [0.717, 1.165) is 12.5 Å². The monoisotopic (exact) mass is 324 g/mol. The Kier molecular flexibility index (Phi) is 5.28. The fourth-order valence-electron chi connectivity index (χ4n) is 2.37. The molecular weight excluding hydrogens is 300 g/mol. The second-order valence-corrected chi connectivity index (χ2v) is 6.56. The van der Waals surface area contributed by atoms with Gasteiger partial charge in [0, 0.05) is 29.8 Å². The molecule has 106 valence electrons. The van der Waals surface area contributed by atoms with E-state index in [4.69, 9.17) is 0 Å². The molecule has 0 aliphatic heterocycles. The normalized spacial score (nSPS) is 16.4. The van der Waals surface area contributed by atoms with Crippen LogP contribution in [0.15, 0.2) is 22.7 Å². The molecule has 1 N–H and O–H groups in total. The quantitative estimate of drug-likeness (QED) is 0.801. The van der Waals surface area contributed by atoms with Gasteiger partial charge in [-0.1, -0.05) is 28.9 Å². The molecule has 0 spiro atoms. The van der Waals surface area contributed by atoms with Crippen LogP contribution >= 0.6 is 15.9 Å². The molecule has 1 unspecified atom stereocenters. The van der Waals surface area contributed by atoms with Gasteiger partial charge in [-0.2, -0.15) is 0 Å². The Labute approximate surface area is 125 Å². The van der Waals surface area contributed by atoms with Gasteiger partial charge < -0.3 is 10.2 Å². The van der Waals surface area contributed by atoms with E-state index in [9.17, 15) is 0 Å². The summed E-state index contributed by atoms with van der Waals surface area (Å²) in [5.74, 6) is 0.925. The van der Waals surface area contributed by atoms with Crippen molar-refractivity contribution in [1.82, 2.24) is 5.32 Å². The molecule has 0 radical (unpaired) electrons. The van der Waals surface area contributed by atoms with Gasteiger partial charge in [-0.15, -0.1) is 0 Å². The van der Waals surface area contributed by atoms with Gasteiger partial charge in [-0.05, 0) is 56.3 Å². The van der Waals surface area contributed by atoms with Crippen molar-refractivity contribution >= 4 is 21.6 Å². The summed E-state index contributed by atoms with van der Waals surface area (Å²) >= 11 is 3.72. The highest BCUT2D eigenvalue weighted by Gasteiger charge is 2.23. The lowest BCUT2D eigenvalue weighted by Crippen LogP contribution is -2.21. The number of hydrogen-bond donors (Lipinski definition) is 1. The molecule has 1 aromatic rings. The standard InChI is InChI=1S/C16H25BrN2/c1-4-9-18-12(2)15-8-7-14(10-16(15)17)19(3)11-13-5-6-13/h7-8,10,12-13,18H,4-6,9,11H2,1-3H3. The maximum atomic E-state index is 3.72. The van der Waals surface area contributed by atoms with Gasteiger partial charge in [0.25, 0.3) is 0 Å². The number of benzene rings is 1. The summed E-state index contributed by atoms with van der Waals surface area (Å²) < 4.78 is 1.21. The molecule has 2 rings (SSSR count). The first-order chi connectivity index (χ1) is 9.11. The summed E-state index contributed by atoms with van der Waals surface area (Å²) in [5, 5.41) is 3.54. The van der Waals surface area contributed by atoms with Gasteiger partial charge in [0.2, 0.25) is 0 Å². The summed E-state index contributed by atoms with van der Waals surface area (Å²) in [5.41, 5.74) is 2.65. The molecule has 0 saturated heterocycles. The molecule has 1 aliphatic carbocycles. The van der Waals surface area contributed by atoms with E-state index in [2.05, 4.69) is 65.2 Å². The SMILES string of the molecule is CCCNC(C)c1ccc(N(C)CC2CC2)cc1Br. The average Bonchev–Trinajstić information content (AvgIpc) is 3.19. The average molecular weight is 325 g/mol. The van der Waals surface area contributed by atoms with Gasteiger partial charge in [0.1, 0.15) is 0 Å². The molecule has 0 heterocycles. The molecular formula is C16H25BrN2. The van der Waals surface area contributed by atoms with Gasteiger partial charge in [-0.25, -0.2) is 0 Å². The van der Waals surface area contributed by atoms with Crippen molar-refractivity contribution in [1.29, 1.82) is 0 Å². The number of nitrogens with one attached hydrogen (secondary N) is 1. The molecule has 2 nitrogen and oxygen atoms in total. The summed E-state index contributed by atoms with van der Waals surface area (Å²) in [6.07, 6.45) is 3.98. The van der Waals surface area contributed by atoms with Crippen LogP contribution in [0.25, 0.3) is 0 Å². The zero-order valence-electron chi connectivity index (χ0n) is 12.2. The molecule has 1 fully saturated rings. The van der Waals surface area contributed by atoms with E-state index < -0.39 is 0 Å². The van der Waals surface area contributed by atoms with Crippen LogP contribution in [0.5, 0.6) is 0 Å². The number of halogens is 1. The Morgan fingerprint density at radius 2 is 2.16 bits per heavy atom. The number of hydrogen-bond acceptors (Lipinski definition) is 2. The van der Waals surface area contributed by atoms with Crippen molar-refractivity contribution < 1.29 is 0 Å². The molecule has 1 atom stereocenters. The minimum absolute atomic E-state index is 0.400. The zero-order valence-corrected chi connectivity index (χ0v) is 13.8. The fourth-order valence-corrected chi connectivity index (χ4v) is 3.08. The second-order valence-electron chi connectivity index (χ2n) is 5.71. The molecule has 3 heteroatoms. The first-order valence-electron chi connectivity index (χ1n) is 7.35. The predicted octanol–water partition coefficient (Wildman–Crippen LogP) is 4.36. The van der Waals surface area contributed by atoms with Gasteiger partial charge in [0.05, 0.1) is 0 Å². The third-order valence-corrected chi connectivity index (χ3v) is 4.51. The molecule has 1 saturated carbocycles. The highest BCUT2D eigenvalue weighted by atomic mass is 79.9. The molecule has 1 aromatic carbocycles. The van der Waals surface area contributed by atoms with Crippen molar-refractivity contribution in [2.45, 2.75) is 39.2 Å². The summed E-state index contributed by atoms with van der Waals surface area (Å²) in [6, 6.07) is 7.14. The minimum Gasteiger partial charge on any atom is -0.374 e. The number of rotatable bonds is 7. The van der Waals surface area contributed by atoms with Crippen LogP contribution in [0.2, 0.25) is 0 Å². The van der Waals surface area contributed by atoms with Crippen molar-refractivity contribution in [2.24, 2.45) is 5.92 Å². The molecule has 1 aliphatic rings. The van der Waals surface area contributed by atoms with Crippen molar-refractivity contribution in [3.05, 3.63) is 28.2 Å². The lowest BCUT2D eigenvalue weighted by Gasteiger charge is -2.22. The molecule has 0 bridgehead atoms. The maximum absolute atomic E-state index is 3.72. The third-order valence-electron chi connectivity index (χ3n) is 3.82. The van der Waals surface area contributed by atoms with E-state index in [1.807, 2.05) is 0 Å². The Morgan fingerprint density at radius 1 is 1.42 bits per heavy atom. The lowest BCUT2D eigenvalue weighted by atomic mass is 10.1. The number of nitrogens with zero attached hydrogens (tertiary/aromatic N) is 1. The number of anilines is 1. The summed E-state index contributed by atoms with van der Waals surface area (Å²) in [6.45, 7) is 6.68. The van der Waals surface area contributed by atoms with E-state index in [-0.39, 0.29) is 0 Å². The van der Waals surface area contributed by atoms with E-state index >= 15 is 0 Å².